The fourth-order valence-electron chi connectivity index (χ4n) is 2.98. The number of furan rings is 1. The lowest BCUT2D eigenvalue weighted by atomic mass is 9.95. The number of para-hydroxylation sites is 1. The number of benzene rings is 2. The van der Waals surface area contributed by atoms with Crippen molar-refractivity contribution in [3.05, 3.63) is 83.1 Å². The Bertz CT molecular complexity index is 1130. The van der Waals surface area contributed by atoms with E-state index in [4.69, 9.17) is 22.4 Å². The Labute approximate surface area is 176 Å². The van der Waals surface area contributed by atoms with Crippen molar-refractivity contribution in [2.75, 3.05) is 5.32 Å². The molecule has 0 saturated carbocycles. The highest BCUT2D eigenvalue weighted by molar-refractivity contribution is 7.80. The summed E-state index contributed by atoms with van der Waals surface area (Å²) in [5.41, 5.74) is 6.11. The normalized spacial score (nSPS) is 11.5. The summed E-state index contributed by atoms with van der Waals surface area (Å²) in [4.78, 5) is 23.4. The minimum Gasteiger partial charge on any atom is -0.504 e. The number of thiocarbonyl (C=S) groups is 1. The standard InChI is InChI=1S/C21H18FN3O4S/c1-11(18-17(26)14(10-29-18)20(30)25-21(23)28)12-6-3-5-9-16(12)24-19(27)13-7-2-4-8-15(13)22/h2-11,26H,1H3,(H,24,27)(H3,23,25,28,30). The van der Waals surface area contributed by atoms with Gasteiger partial charge in [-0.25, -0.2) is 9.18 Å². The largest absolute Gasteiger partial charge is 0.504 e. The molecule has 0 bridgehead atoms. The van der Waals surface area contributed by atoms with Crippen molar-refractivity contribution < 1.29 is 23.5 Å². The summed E-state index contributed by atoms with van der Waals surface area (Å²) in [6, 6.07) is 11.7. The number of primary amides is 1. The summed E-state index contributed by atoms with van der Waals surface area (Å²) >= 11 is 5.03. The van der Waals surface area contributed by atoms with E-state index >= 15 is 0 Å². The number of aromatic hydroxyl groups is 1. The van der Waals surface area contributed by atoms with E-state index in [1.54, 1.807) is 37.3 Å². The van der Waals surface area contributed by atoms with E-state index in [1.807, 2.05) is 0 Å². The number of amides is 3. The van der Waals surface area contributed by atoms with Crippen LogP contribution in [0.3, 0.4) is 0 Å². The van der Waals surface area contributed by atoms with Gasteiger partial charge in [0.25, 0.3) is 5.91 Å². The van der Waals surface area contributed by atoms with Gasteiger partial charge in [-0.2, -0.15) is 0 Å². The van der Waals surface area contributed by atoms with Crippen LogP contribution in [-0.2, 0) is 0 Å². The average molecular weight is 427 g/mol. The lowest BCUT2D eigenvalue weighted by Crippen LogP contribution is -2.34. The van der Waals surface area contributed by atoms with Crippen molar-refractivity contribution in [2.24, 2.45) is 5.73 Å². The van der Waals surface area contributed by atoms with Crippen LogP contribution in [0, 0.1) is 5.82 Å². The summed E-state index contributed by atoms with van der Waals surface area (Å²) in [5, 5.41) is 15.4. The maximum absolute atomic E-state index is 13.9. The smallest absolute Gasteiger partial charge is 0.317 e. The summed E-state index contributed by atoms with van der Waals surface area (Å²) in [5.74, 6) is -1.83. The second-order valence-electron chi connectivity index (χ2n) is 6.42. The van der Waals surface area contributed by atoms with Crippen LogP contribution < -0.4 is 16.4 Å². The van der Waals surface area contributed by atoms with Crippen molar-refractivity contribution in [3.63, 3.8) is 0 Å². The van der Waals surface area contributed by atoms with Gasteiger partial charge in [-0.05, 0) is 23.8 Å². The van der Waals surface area contributed by atoms with Gasteiger partial charge in [0.2, 0.25) is 0 Å². The molecule has 3 rings (SSSR count). The zero-order valence-electron chi connectivity index (χ0n) is 15.8. The fourth-order valence-corrected chi connectivity index (χ4v) is 3.22. The number of rotatable bonds is 5. The summed E-state index contributed by atoms with van der Waals surface area (Å²) in [6.45, 7) is 1.75. The molecule has 3 amide bonds. The van der Waals surface area contributed by atoms with Gasteiger partial charge in [0.15, 0.2) is 11.5 Å². The van der Waals surface area contributed by atoms with Crippen LogP contribution in [0.4, 0.5) is 14.9 Å². The summed E-state index contributed by atoms with van der Waals surface area (Å²) in [7, 11) is 0. The molecule has 5 N–H and O–H groups in total. The average Bonchev–Trinajstić information content (AvgIpc) is 3.09. The molecule has 0 saturated heterocycles. The molecule has 30 heavy (non-hydrogen) atoms. The van der Waals surface area contributed by atoms with Crippen LogP contribution in [0.1, 0.15) is 40.1 Å². The molecule has 0 radical (unpaired) electrons. The van der Waals surface area contributed by atoms with E-state index in [9.17, 15) is 19.1 Å². The monoisotopic (exact) mass is 427 g/mol. The molecule has 9 heteroatoms. The molecule has 154 valence electrons. The SMILES string of the molecule is CC(c1ccccc1NC(=O)c1ccccc1F)c1occ(C(=S)NC(N)=O)c1O. The summed E-state index contributed by atoms with van der Waals surface area (Å²) < 4.78 is 19.4. The van der Waals surface area contributed by atoms with Crippen molar-refractivity contribution in [2.45, 2.75) is 12.8 Å². The van der Waals surface area contributed by atoms with Crippen LogP contribution in [0.15, 0.2) is 59.2 Å². The van der Waals surface area contributed by atoms with Crippen molar-refractivity contribution in [1.29, 1.82) is 0 Å². The molecule has 0 aliphatic rings. The van der Waals surface area contributed by atoms with Crippen LogP contribution in [-0.4, -0.2) is 22.0 Å². The Balaban J connectivity index is 1.90. The Hall–Kier alpha value is -3.72. The number of nitrogens with two attached hydrogens (primary N) is 1. The molecule has 1 unspecified atom stereocenters. The van der Waals surface area contributed by atoms with Crippen LogP contribution in [0.2, 0.25) is 0 Å². The van der Waals surface area contributed by atoms with E-state index in [1.165, 1.54) is 24.5 Å². The topological polar surface area (TPSA) is 118 Å². The fraction of sp³-hybridized carbons (Fsp3) is 0.0952. The van der Waals surface area contributed by atoms with E-state index in [2.05, 4.69) is 10.6 Å². The van der Waals surface area contributed by atoms with Gasteiger partial charge in [0.1, 0.15) is 17.1 Å². The quantitative estimate of drug-likeness (QED) is 0.461. The highest BCUT2D eigenvalue weighted by Crippen LogP contribution is 2.37. The second-order valence-corrected chi connectivity index (χ2v) is 6.83. The Morgan fingerprint density at radius 3 is 2.50 bits per heavy atom. The van der Waals surface area contributed by atoms with Gasteiger partial charge in [0.05, 0.1) is 11.1 Å². The predicted molar refractivity (Wildman–Crippen MR) is 113 cm³/mol. The number of hydrogen-bond acceptors (Lipinski definition) is 5. The van der Waals surface area contributed by atoms with E-state index in [-0.39, 0.29) is 27.6 Å². The van der Waals surface area contributed by atoms with Gasteiger partial charge < -0.3 is 20.6 Å². The molecule has 0 spiro atoms. The molecule has 0 aliphatic heterocycles. The molecule has 1 heterocycles. The maximum atomic E-state index is 13.9. The first-order valence-electron chi connectivity index (χ1n) is 8.85. The number of carbonyl (C=O) groups is 2. The Morgan fingerprint density at radius 1 is 1.13 bits per heavy atom. The highest BCUT2D eigenvalue weighted by Gasteiger charge is 2.25. The third-order valence-electron chi connectivity index (χ3n) is 4.46. The molecule has 3 aromatic rings. The van der Waals surface area contributed by atoms with Crippen molar-refractivity contribution in [3.8, 4) is 5.75 Å². The molecular weight excluding hydrogens is 409 g/mol. The first-order chi connectivity index (χ1) is 14.3. The number of anilines is 1. The number of carbonyl (C=O) groups excluding carboxylic acids is 2. The lowest BCUT2D eigenvalue weighted by molar-refractivity contribution is 0.102. The van der Waals surface area contributed by atoms with Gasteiger partial charge in [0, 0.05) is 11.6 Å². The third-order valence-corrected chi connectivity index (χ3v) is 4.78. The van der Waals surface area contributed by atoms with E-state index < -0.39 is 23.7 Å². The van der Waals surface area contributed by atoms with Gasteiger partial charge in [-0.15, -0.1) is 0 Å². The first-order valence-corrected chi connectivity index (χ1v) is 9.26. The molecule has 1 aromatic heterocycles. The molecule has 7 nitrogen and oxygen atoms in total. The van der Waals surface area contributed by atoms with Crippen LogP contribution >= 0.6 is 12.2 Å². The minimum atomic E-state index is -0.864. The molecule has 0 aliphatic carbocycles. The minimum absolute atomic E-state index is 0.0802. The van der Waals surface area contributed by atoms with E-state index in [0.717, 1.165) is 0 Å². The van der Waals surface area contributed by atoms with E-state index in [0.29, 0.717) is 11.3 Å². The molecule has 0 fully saturated rings. The Morgan fingerprint density at radius 2 is 1.80 bits per heavy atom. The van der Waals surface area contributed by atoms with Gasteiger partial charge >= 0.3 is 6.03 Å². The molecule has 2 aromatic carbocycles. The molecule has 1 atom stereocenters. The lowest BCUT2D eigenvalue weighted by Gasteiger charge is -2.16. The van der Waals surface area contributed by atoms with Crippen molar-refractivity contribution in [1.82, 2.24) is 5.32 Å². The first kappa shape index (κ1) is 21.0. The van der Waals surface area contributed by atoms with Gasteiger partial charge in [-0.3, -0.25) is 10.1 Å². The van der Waals surface area contributed by atoms with Crippen molar-refractivity contribution >= 4 is 34.8 Å². The third kappa shape index (κ3) is 4.31. The number of urea groups is 1. The highest BCUT2D eigenvalue weighted by atomic mass is 32.1. The number of nitrogens with one attached hydrogen (secondary N) is 2. The van der Waals surface area contributed by atoms with Crippen LogP contribution in [0.25, 0.3) is 0 Å². The zero-order valence-corrected chi connectivity index (χ0v) is 16.6. The van der Waals surface area contributed by atoms with Crippen LogP contribution in [0.5, 0.6) is 5.75 Å². The number of halogens is 1. The Kier molecular flexibility index (Phi) is 6.12. The summed E-state index contributed by atoms with van der Waals surface area (Å²) in [6.07, 6.45) is 1.21. The second kappa shape index (κ2) is 8.75. The maximum Gasteiger partial charge on any atom is 0.317 e. The predicted octanol–water partition coefficient (Wildman–Crippen LogP) is 3.87. The number of hydrogen-bond donors (Lipinski definition) is 4. The molecular formula is C21H18FN3O4S. The zero-order chi connectivity index (χ0) is 21.8. The van der Waals surface area contributed by atoms with Gasteiger partial charge in [-0.1, -0.05) is 49.5 Å².